The average Bonchev–Trinajstić information content (AvgIpc) is 3.66. The first kappa shape index (κ1) is 26.4. The number of ether oxygens (including phenoxy) is 1. The normalized spacial score (nSPS) is 15.3. The number of aromatic nitrogens is 1. The van der Waals surface area contributed by atoms with Crippen molar-refractivity contribution in [3.8, 4) is 11.3 Å². The Labute approximate surface area is 229 Å². The second-order valence-electron chi connectivity index (χ2n) is 8.55. The molecular weight excluding hydrogens is 545 g/mol. The Hall–Kier alpha value is -4.16. The van der Waals surface area contributed by atoms with Crippen molar-refractivity contribution in [3.63, 3.8) is 0 Å². The Kier molecular flexibility index (Phi) is 7.40. The predicted molar refractivity (Wildman–Crippen MR) is 145 cm³/mol. The topological polar surface area (TPSA) is 117 Å². The van der Waals surface area contributed by atoms with Crippen molar-refractivity contribution in [2.45, 2.75) is 32.7 Å². The number of halogens is 1. The largest absolute Gasteiger partial charge is 0.463 e. The number of carbonyl (C=O) groups excluding carboxylic acids is 1. The van der Waals surface area contributed by atoms with Crippen LogP contribution in [0, 0.1) is 15.9 Å². The van der Waals surface area contributed by atoms with Crippen molar-refractivity contribution in [2.75, 3.05) is 6.61 Å². The maximum atomic E-state index is 13.8. The molecule has 0 N–H and O–H groups in total. The summed E-state index contributed by atoms with van der Waals surface area (Å²) in [7, 11) is 0. The molecule has 0 saturated heterocycles. The lowest BCUT2D eigenvalue weighted by atomic mass is 9.99. The number of furan rings is 1. The van der Waals surface area contributed by atoms with Gasteiger partial charge in [0, 0.05) is 22.6 Å². The number of nitro benzene ring substituents is 1. The molecule has 4 heterocycles. The lowest BCUT2D eigenvalue weighted by Crippen LogP contribution is -2.39. The molecule has 0 saturated carbocycles. The van der Waals surface area contributed by atoms with Gasteiger partial charge in [0.2, 0.25) is 5.82 Å². The van der Waals surface area contributed by atoms with Crippen LogP contribution in [0.25, 0.3) is 17.4 Å². The van der Waals surface area contributed by atoms with E-state index in [9.17, 15) is 24.1 Å². The molecule has 0 bridgehead atoms. The van der Waals surface area contributed by atoms with Crippen LogP contribution in [0.15, 0.2) is 73.3 Å². The Morgan fingerprint density at radius 3 is 2.79 bits per heavy atom. The highest BCUT2D eigenvalue weighted by Crippen LogP contribution is 2.34. The zero-order valence-electron chi connectivity index (χ0n) is 20.9. The van der Waals surface area contributed by atoms with E-state index in [4.69, 9.17) is 14.1 Å². The number of hydrogen-bond acceptors (Lipinski definition) is 9. The number of esters is 1. The van der Waals surface area contributed by atoms with Gasteiger partial charge in [-0.15, -0.1) is 11.3 Å². The first-order valence-corrected chi connectivity index (χ1v) is 13.8. The molecule has 4 aromatic rings. The van der Waals surface area contributed by atoms with Gasteiger partial charge in [0.15, 0.2) is 4.80 Å². The van der Waals surface area contributed by atoms with E-state index < -0.39 is 28.4 Å². The van der Waals surface area contributed by atoms with Gasteiger partial charge in [-0.3, -0.25) is 19.5 Å². The number of thiazole rings is 1. The summed E-state index contributed by atoms with van der Waals surface area (Å²) in [5, 5.41) is 13.0. The molecule has 1 atom stereocenters. The first-order chi connectivity index (χ1) is 18.8. The number of thiophene rings is 1. The molecule has 0 aliphatic carbocycles. The van der Waals surface area contributed by atoms with E-state index in [1.54, 1.807) is 25.1 Å². The zero-order valence-corrected chi connectivity index (χ0v) is 22.5. The van der Waals surface area contributed by atoms with Crippen LogP contribution in [0.3, 0.4) is 0 Å². The summed E-state index contributed by atoms with van der Waals surface area (Å²) in [4.78, 5) is 43.1. The fraction of sp³-hybridized carbons (Fsp3) is 0.222. The highest BCUT2D eigenvalue weighted by molar-refractivity contribution is 7.10. The quantitative estimate of drug-likeness (QED) is 0.169. The van der Waals surface area contributed by atoms with E-state index in [1.165, 1.54) is 33.3 Å². The van der Waals surface area contributed by atoms with Gasteiger partial charge in [0.1, 0.15) is 17.6 Å². The molecule has 1 aliphatic heterocycles. The van der Waals surface area contributed by atoms with Crippen LogP contribution in [-0.4, -0.2) is 22.1 Å². The van der Waals surface area contributed by atoms with E-state index in [1.807, 2.05) is 24.4 Å². The van der Waals surface area contributed by atoms with E-state index in [0.717, 1.165) is 23.4 Å². The van der Waals surface area contributed by atoms with E-state index in [0.29, 0.717) is 38.3 Å². The third-order valence-corrected chi connectivity index (χ3v) is 7.94. The number of nitro groups is 1. The minimum atomic E-state index is -0.943. The highest BCUT2D eigenvalue weighted by atomic mass is 32.1. The summed E-state index contributed by atoms with van der Waals surface area (Å²) in [5.74, 6) is -0.834. The molecule has 200 valence electrons. The van der Waals surface area contributed by atoms with Crippen LogP contribution in [0.4, 0.5) is 10.1 Å². The number of benzene rings is 1. The number of carbonyl (C=O) groups is 1. The van der Waals surface area contributed by atoms with Crippen molar-refractivity contribution >= 4 is 40.4 Å². The number of hydrogen-bond donors (Lipinski definition) is 0. The smallest absolute Gasteiger partial charge is 0.338 e. The molecule has 9 nitrogen and oxygen atoms in total. The molecule has 0 unspecified atom stereocenters. The van der Waals surface area contributed by atoms with Crippen LogP contribution in [0.2, 0.25) is 0 Å². The lowest BCUT2D eigenvalue weighted by molar-refractivity contribution is -0.387. The fourth-order valence-corrected chi connectivity index (χ4v) is 6.18. The number of rotatable bonds is 8. The van der Waals surface area contributed by atoms with Gasteiger partial charge < -0.3 is 9.15 Å². The fourth-order valence-electron chi connectivity index (χ4n) is 4.36. The Bertz CT molecular complexity index is 1780. The van der Waals surface area contributed by atoms with Crippen LogP contribution >= 0.6 is 22.7 Å². The molecule has 0 amide bonds. The minimum absolute atomic E-state index is 0.196. The van der Waals surface area contributed by atoms with Gasteiger partial charge in [-0.2, -0.15) is 4.39 Å². The van der Waals surface area contributed by atoms with E-state index in [-0.39, 0.29) is 17.9 Å². The summed E-state index contributed by atoms with van der Waals surface area (Å²) in [6.45, 7) is 3.92. The molecule has 5 rings (SSSR count). The van der Waals surface area contributed by atoms with Crippen molar-refractivity contribution in [1.82, 2.24) is 4.57 Å². The molecule has 0 spiro atoms. The van der Waals surface area contributed by atoms with Gasteiger partial charge in [-0.1, -0.05) is 30.7 Å². The Morgan fingerprint density at radius 1 is 1.28 bits per heavy atom. The maximum absolute atomic E-state index is 13.8. The summed E-state index contributed by atoms with van der Waals surface area (Å²) in [6.07, 6.45) is 2.86. The van der Waals surface area contributed by atoms with Crippen LogP contribution in [-0.2, 0) is 9.53 Å². The number of nitrogens with zero attached hydrogens (tertiary/aromatic N) is 3. The lowest BCUT2D eigenvalue weighted by Gasteiger charge is -2.24. The van der Waals surface area contributed by atoms with E-state index in [2.05, 4.69) is 0 Å². The highest BCUT2D eigenvalue weighted by Gasteiger charge is 2.34. The molecule has 1 aromatic carbocycles. The van der Waals surface area contributed by atoms with E-state index >= 15 is 0 Å². The van der Waals surface area contributed by atoms with Crippen LogP contribution < -0.4 is 14.9 Å². The number of fused-ring (bicyclic) bond motifs is 1. The van der Waals surface area contributed by atoms with Gasteiger partial charge in [-0.05, 0) is 49.1 Å². The molecule has 0 fully saturated rings. The number of allylic oxidation sites excluding steroid dienone is 1. The van der Waals surface area contributed by atoms with Crippen molar-refractivity contribution in [3.05, 3.63) is 105 Å². The molecule has 12 heteroatoms. The minimum Gasteiger partial charge on any atom is -0.463 e. The summed E-state index contributed by atoms with van der Waals surface area (Å²) >= 11 is 2.61. The van der Waals surface area contributed by atoms with Crippen molar-refractivity contribution in [2.24, 2.45) is 4.99 Å². The van der Waals surface area contributed by atoms with Gasteiger partial charge >= 0.3 is 11.7 Å². The summed E-state index contributed by atoms with van der Waals surface area (Å²) < 4.78 is 26.8. The van der Waals surface area contributed by atoms with Gasteiger partial charge in [0.05, 0.1) is 27.3 Å². The SMILES string of the molecule is CCCC1=C(C(=O)OCC)[C@H](c2cccs2)n2c(s/c(=C\c3ccc(-c4ccc(F)c([N+](=O)[O-])c4)o3)c2=O)=N1. The second kappa shape index (κ2) is 10.9. The maximum Gasteiger partial charge on any atom is 0.338 e. The third kappa shape index (κ3) is 5.00. The van der Waals surface area contributed by atoms with Crippen LogP contribution in [0.5, 0.6) is 0 Å². The van der Waals surface area contributed by atoms with Crippen molar-refractivity contribution < 1.29 is 23.3 Å². The second-order valence-corrected chi connectivity index (χ2v) is 10.5. The summed E-state index contributed by atoms with van der Waals surface area (Å²) in [6, 6.07) is 9.76. The molecule has 0 radical (unpaired) electrons. The Balaban J connectivity index is 1.62. The average molecular weight is 568 g/mol. The zero-order chi connectivity index (χ0) is 27.7. The summed E-state index contributed by atoms with van der Waals surface area (Å²) in [5.41, 5.74) is 0.279. The van der Waals surface area contributed by atoms with Gasteiger partial charge in [0.25, 0.3) is 5.56 Å². The molecule has 3 aromatic heterocycles. The van der Waals surface area contributed by atoms with Crippen LogP contribution in [0.1, 0.15) is 43.4 Å². The standard InChI is InChI=1S/C27H22FN3O6S2/c1-3-6-18-23(26(33)36-4-2)24(21-7-5-12-38-21)30-25(32)22(39-27(30)29-18)14-16-9-11-20(37-16)15-8-10-17(28)19(13-15)31(34)35/h5,7-14,24H,3-4,6H2,1-2H3/b22-14-/t24-/m0/s1. The molecular formula is C27H22FN3O6S2. The molecule has 1 aliphatic rings. The third-order valence-electron chi connectivity index (χ3n) is 6.03. The first-order valence-electron chi connectivity index (χ1n) is 12.1. The Morgan fingerprint density at radius 2 is 2.10 bits per heavy atom. The van der Waals surface area contributed by atoms with Crippen molar-refractivity contribution in [1.29, 1.82) is 0 Å². The monoisotopic (exact) mass is 567 g/mol. The van der Waals surface area contributed by atoms with Gasteiger partial charge in [-0.25, -0.2) is 9.79 Å². The predicted octanol–water partition coefficient (Wildman–Crippen LogP) is 4.95. The molecule has 39 heavy (non-hydrogen) atoms.